The Balaban J connectivity index is 2.35. The Bertz CT molecular complexity index is 756. The summed E-state index contributed by atoms with van der Waals surface area (Å²) in [5, 5.41) is 2.75. The number of benzene rings is 1. The van der Waals surface area contributed by atoms with Crippen molar-refractivity contribution < 1.29 is 22.7 Å². The molecule has 152 valence electrons. The Labute approximate surface area is 161 Å². The van der Waals surface area contributed by atoms with Crippen molar-refractivity contribution in [3.05, 3.63) is 18.2 Å². The molecule has 1 fully saturated rings. The van der Waals surface area contributed by atoms with E-state index in [0.717, 1.165) is 0 Å². The number of nitrogens with two attached hydrogens (primary N) is 1. The highest BCUT2D eigenvalue weighted by Gasteiger charge is 2.36. The van der Waals surface area contributed by atoms with E-state index in [1.807, 2.05) is 0 Å². The smallest absolute Gasteiger partial charge is 0.246 e. The second-order valence-electron chi connectivity index (χ2n) is 6.41. The van der Waals surface area contributed by atoms with Crippen LogP contribution in [0.4, 0.5) is 5.69 Å². The number of carbonyl (C=O) groups excluding carboxylic acids is 1. The third-order valence-corrected chi connectivity index (χ3v) is 6.73. The van der Waals surface area contributed by atoms with Gasteiger partial charge in [0.25, 0.3) is 0 Å². The van der Waals surface area contributed by atoms with Gasteiger partial charge in [0.05, 0.1) is 6.61 Å². The van der Waals surface area contributed by atoms with Crippen LogP contribution in [0.25, 0.3) is 0 Å². The molecule has 0 saturated carbocycles. The topological polar surface area (TPSA) is 111 Å². The number of nitrogens with one attached hydrogen (secondary N) is 1. The van der Waals surface area contributed by atoms with Gasteiger partial charge >= 0.3 is 0 Å². The summed E-state index contributed by atoms with van der Waals surface area (Å²) in [6.45, 7) is 7.20. The van der Waals surface area contributed by atoms with E-state index >= 15 is 0 Å². The first-order valence-electron chi connectivity index (χ1n) is 9.23. The maximum absolute atomic E-state index is 13.0. The zero-order valence-electron chi connectivity index (χ0n) is 16.2. The number of nitrogens with zero attached hydrogens (tertiary/aromatic N) is 1. The van der Waals surface area contributed by atoms with Crippen molar-refractivity contribution in [3.63, 3.8) is 0 Å². The maximum Gasteiger partial charge on any atom is 0.246 e. The van der Waals surface area contributed by atoms with E-state index in [4.69, 9.17) is 15.2 Å². The SMILES string of the molecule is CCOc1ccc(NC(=O)C2(N)CCOCC2)cc1S(=O)(=O)N(CC)CC. The largest absolute Gasteiger partial charge is 0.492 e. The number of rotatable bonds is 8. The normalized spacial score (nSPS) is 16.9. The van der Waals surface area contributed by atoms with Gasteiger partial charge in [-0.2, -0.15) is 4.31 Å². The summed E-state index contributed by atoms with van der Waals surface area (Å²) in [4.78, 5) is 12.7. The van der Waals surface area contributed by atoms with Gasteiger partial charge in [-0.3, -0.25) is 4.79 Å². The molecule has 1 aromatic rings. The highest BCUT2D eigenvalue weighted by atomic mass is 32.2. The lowest BCUT2D eigenvalue weighted by atomic mass is 9.90. The van der Waals surface area contributed by atoms with Crippen LogP contribution in [-0.2, 0) is 19.6 Å². The van der Waals surface area contributed by atoms with Crippen LogP contribution >= 0.6 is 0 Å². The molecule has 1 amide bonds. The quantitative estimate of drug-likeness (QED) is 0.686. The molecule has 0 unspecified atom stereocenters. The highest BCUT2D eigenvalue weighted by Crippen LogP contribution is 2.30. The first-order chi connectivity index (χ1) is 12.8. The third-order valence-electron chi connectivity index (χ3n) is 4.66. The van der Waals surface area contributed by atoms with Crippen LogP contribution in [0.15, 0.2) is 23.1 Å². The van der Waals surface area contributed by atoms with Gasteiger partial charge in [0, 0.05) is 32.0 Å². The minimum atomic E-state index is -3.75. The van der Waals surface area contributed by atoms with Crippen LogP contribution in [0.5, 0.6) is 5.75 Å². The molecule has 0 spiro atoms. The van der Waals surface area contributed by atoms with Gasteiger partial charge < -0.3 is 20.5 Å². The summed E-state index contributed by atoms with van der Waals surface area (Å²) in [6.07, 6.45) is 0.834. The van der Waals surface area contributed by atoms with Crippen LogP contribution < -0.4 is 15.8 Å². The first-order valence-corrected chi connectivity index (χ1v) is 10.7. The second kappa shape index (κ2) is 9.01. The van der Waals surface area contributed by atoms with Crippen LogP contribution in [0.3, 0.4) is 0 Å². The van der Waals surface area contributed by atoms with Crippen molar-refractivity contribution in [2.24, 2.45) is 5.73 Å². The van der Waals surface area contributed by atoms with Crippen LogP contribution in [-0.4, -0.2) is 57.1 Å². The van der Waals surface area contributed by atoms with Crippen LogP contribution in [0.1, 0.15) is 33.6 Å². The molecule has 0 aliphatic carbocycles. The molecular weight excluding hydrogens is 370 g/mol. The maximum atomic E-state index is 13.0. The number of hydrogen-bond donors (Lipinski definition) is 2. The summed E-state index contributed by atoms with van der Waals surface area (Å²) in [7, 11) is -3.75. The first kappa shape index (κ1) is 21.6. The fourth-order valence-corrected chi connectivity index (χ4v) is 4.60. The molecule has 1 aliphatic rings. The van der Waals surface area contributed by atoms with E-state index in [-0.39, 0.29) is 16.6 Å². The van der Waals surface area contributed by atoms with Gasteiger partial charge in [0.1, 0.15) is 16.2 Å². The number of sulfonamides is 1. The number of amides is 1. The zero-order chi connectivity index (χ0) is 20.1. The Kier molecular flexibility index (Phi) is 7.21. The Morgan fingerprint density at radius 2 is 1.89 bits per heavy atom. The number of ether oxygens (including phenoxy) is 2. The van der Waals surface area contributed by atoms with E-state index in [0.29, 0.717) is 51.4 Å². The van der Waals surface area contributed by atoms with E-state index in [9.17, 15) is 13.2 Å². The van der Waals surface area contributed by atoms with Gasteiger partial charge in [0.15, 0.2) is 0 Å². The molecule has 9 heteroatoms. The number of hydrogen-bond acceptors (Lipinski definition) is 6. The molecule has 1 heterocycles. The molecule has 0 atom stereocenters. The molecule has 27 heavy (non-hydrogen) atoms. The van der Waals surface area contributed by atoms with Crippen molar-refractivity contribution in [2.45, 2.75) is 44.0 Å². The van der Waals surface area contributed by atoms with Gasteiger partial charge in [-0.1, -0.05) is 13.8 Å². The van der Waals surface area contributed by atoms with Crippen molar-refractivity contribution >= 4 is 21.6 Å². The van der Waals surface area contributed by atoms with Crippen molar-refractivity contribution in [2.75, 3.05) is 38.2 Å². The van der Waals surface area contributed by atoms with E-state index in [2.05, 4.69) is 5.32 Å². The minimum absolute atomic E-state index is 0.0314. The average molecular weight is 400 g/mol. The van der Waals surface area contributed by atoms with E-state index in [1.165, 1.54) is 10.4 Å². The van der Waals surface area contributed by atoms with E-state index in [1.54, 1.807) is 32.9 Å². The summed E-state index contributed by atoms with van der Waals surface area (Å²) < 4.78 is 38.1. The molecule has 0 bridgehead atoms. The monoisotopic (exact) mass is 399 g/mol. The van der Waals surface area contributed by atoms with Gasteiger partial charge in [-0.15, -0.1) is 0 Å². The van der Waals surface area contributed by atoms with Gasteiger partial charge in [-0.05, 0) is 38.0 Å². The van der Waals surface area contributed by atoms with Crippen molar-refractivity contribution in [1.29, 1.82) is 0 Å². The van der Waals surface area contributed by atoms with Gasteiger partial charge in [0.2, 0.25) is 15.9 Å². The summed E-state index contributed by atoms with van der Waals surface area (Å²) in [5.74, 6) is -0.0860. The Hall–Kier alpha value is -1.68. The molecule has 2 rings (SSSR count). The molecule has 1 aromatic carbocycles. The molecule has 0 aromatic heterocycles. The molecule has 1 saturated heterocycles. The lowest BCUT2D eigenvalue weighted by Crippen LogP contribution is -2.54. The lowest BCUT2D eigenvalue weighted by molar-refractivity contribution is -0.124. The average Bonchev–Trinajstić information content (AvgIpc) is 2.64. The minimum Gasteiger partial charge on any atom is -0.492 e. The number of carbonyl (C=O) groups is 1. The Morgan fingerprint density at radius 3 is 2.44 bits per heavy atom. The fraction of sp³-hybridized carbons (Fsp3) is 0.611. The summed E-state index contributed by atoms with van der Waals surface area (Å²) in [6, 6.07) is 4.61. The molecule has 0 radical (unpaired) electrons. The molecular formula is C18H29N3O5S. The number of anilines is 1. The second-order valence-corrected chi connectivity index (χ2v) is 8.31. The standard InChI is InChI=1S/C18H29N3O5S/c1-4-21(5-2)27(23,24)16-13-14(7-8-15(16)26-6-3)20-17(22)18(19)9-11-25-12-10-18/h7-8,13H,4-6,9-12,19H2,1-3H3,(H,20,22). The molecule has 1 aliphatic heterocycles. The highest BCUT2D eigenvalue weighted by molar-refractivity contribution is 7.89. The predicted octanol–water partition coefficient (Wildman–Crippen LogP) is 1.56. The van der Waals surface area contributed by atoms with Crippen molar-refractivity contribution in [1.82, 2.24) is 4.31 Å². The zero-order valence-corrected chi connectivity index (χ0v) is 17.0. The summed E-state index contributed by atoms with van der Waals surface area (Å²) in [5.41, 5.74) is 5.55. The van der Waals surface area contributed by atoms with E-state index < -0.39 is 15.6 Å². The summed E-state index contributed by atoms with van der Waals surface area (Å²) >= 11 is 0. The lowest BCUT2D eigenvalue weighted by Gasteiger charge is -2.31. The van der Waals surface area contributed by atoms with Gasteiger partial charge in [-0.25, -0.2) is 8.42 Å². The Morgan fingerprint density at radius 1 is 1.26 bits per heavy atom. The molecule has 8 nitrogen and oxygen atoms in total. The van der Waals surface area contributed by atoms with Crippen LogP contribution in [0, 0.1) is 0 Å². The van der Waals surface area contributed by atoms with Crippen molar-refractivity contribution in [3.8, 4) is 5.75 Å². The molecule has 3 N–H and O–H groups in total. The third kappa shape index (κ3) is 4.78. The fourth-order valence-electron chi connectivity index (χ4n) is 2.98. The predicted molar refractivity (Wildman–Crippen MR) is 103 cm³/mol. The van der Waals surface area contributed by atoms with Crippen LogP contribution in [0.2, 0.25) is 0 Å².